The summed E-state index contributed by atoms with van der Waals surface area (Å²) in [7, 11) is 0. The number of carbonyl (C=O) groups excluding carboxylic acids is 1. The first kappa shape index (κ1) is 12.7. The van der Waals surface area contributed by atoms with Crippen LogP contribution < -0.4 is 0 Å². The van der Waals surface area contributed by atoms with Crippen LogP contribution in [0.5, 0.6) is 0 Å². The van der Waals surface area contributed by atoms with Crippen molar-refractivity contribution in [3.8, 4) is 0 Å². The zero-order valence-electron chi connectivity index (χ0n) is 10.4. The first-order chi connectivity index (χ1) is 8.79. The second-order valence-electron chi connectivity index (χ2n) is 4.47. The third-order valence-electron chi connectivity index (χ3n) is 3.19. The summed E-state index contributed by atoms with van der Waals surface area (Å²) in [4.78, 5) is 11.9. The van der Waals surface area contributed by atoms with Gasteiger partial charge in [-0.25, -0.2) is 4.79 Å². The summed E-state index contributed by atoms with van der Waals surface area (Å²) in [6.45, 7) is 3.55. The van der Waals surface area contributed by atoms with Gasteiger partial charge in [0.05, 0.1) is 17.9 Å². The van der Waals surface area contributed by atoms with E-state index in [0.29, 0.717) is 5.56 Å². The summed E-state index contributed by atoms with van der Waals surface area (Å²) in [6.07, 6.45) is 5.28. The minimum atomic E-state index is -0.233. The molecule has 96 valence electrons. The molecule has 1 aromatic rings. The molecule has 0 heterocycles. The quantitative estimate of drug-likeness (QED) is 0.604. The van der Waals surface area contributed by atoms with E-state index in [-0.39, 0.29) is 18.2 Å². The molecule has 0 spiro atoms. The van der Waals surface area contributed by atoms with E-state index < -0.39 is 0 Å². The third kappa shape index (κ3) is 3.36. The highest BCUT2D eigenvalue weighted by molar-refractivity contribution is 5.89. The van der Waals surface area contributed by atoms with Crippen LogP contribution in [-0.4, -0.2) is 18.2 Å². The predicted molar refractivity (Wildman–Crippen MR) is 69.2 cm³/mol. The van der Waals surface area contributed by atoms with Crippen molar-refractivity contribution in [1.29, 1.82) is 0 Å². The Labute approximate surface area is 107 Å². The van der Waals surface area contributed by atoms with Gasteiger partial charge in [0.2, 0.25) is 0 Å². The number of hydrogen-bond acceptors (Lipinski definition) is 3. The maximum atomic E-state index is 11.9. The summed E-state index contributed by atoms with van der Waals surface area (Å²) in [5.41, 5.74) is 0.613. The van der Waals surface area contributed by atoms with Crippen molar-refractivity contribution in [3.05, 3.63) is 48.7 Å². The molecule has 0 unspecified atom stereocenters. The number of rotatable bonds is 4. The molecule has 0 atom stereocenters. The highest BCUT2D eigenvalue weighted by Crippen LogP contribution is 2.24. The van der Waals surface area contributed by atoms with Crippen molar-refractivity contribution in [2.24, 2.45) is 0 Å². The third-order valence-corrected chi connectivity index (χ3v) is 3.19. The normalized spacial score (nSPS) is 23.1. The summed E-state index contributed by atoms with van der Waals surface area (Å²) in [5, 5.41) is 0. The van der Waals surface area contributed by atoms with Gasteiger partial charge < -0.3 is 9.47 Å². The van der Waals surface area contributed by atoms with Gasteiger partial charge in [0, 0.05) is 0 Å². The molecule has 3 heteroatoms. The van der Waals surface area contributed by atoms with Gasteiger partial charge in [-0.2, -0.15) is 0 Å². The maximum Gasteiger partial charge on any atom is 0.338 e. The van der Waals surface area contributed by atoms with Gasteiger partial charge in [-0.3, -0.25) is 0 Å². The number of benzene rings is 1. The molecule has 0 aromatic heterocycles. The van der Waals surface area contributed by atoms with Crippen LogP contribution in [0.15, 0.2) is 43.2 Å². The van der Waals surface area contributed by atoms with Crippen LogP contribution in [0.1, 0.15) is 36.0 Å². The van der Waals surface area contributed by atoms with Gasteiger partial charge >= 0.3 is 5.97 Å². The average molecular weight is 246 g/mol. The van der Waals surface area contributed by atoms with E-state index in [0.717, 1.165) is 25.7 Å². The van der Waals surface area contributed by atoms with Crippen molar-refractivity contribution in [1.82, 2.24) is 0 Å². The molecule has 1 aromatic carbocycles. The summed E-state index contributed by atoms with van der Waals surface area (Å²) in [5.74, 6) is -0.233. The molecule has 18 heavy (non-hydrogen) atoms. The van der Waals surface area contributed by atoms with Gasteiger partial charge in [0.1, 0.15) is 6.10 Å². The fraction of sp³-hybridized carbons (Fsp3) is 0.400. The van der Waals surface area contributed by atoms with Crippen LogP contribution in [0, 0.1) is 0 Å². The lowest BCUT2D eigenvalue weighted by molar-refractivity contribution is 0.00198. The molecule has 1 fully saturated rings. The molecule has 0 radical (unpaired) electrons. The molecular formula is C15H18O3. The second-order valence-corrected chi connectivity index (χ2v) is 4.47. The Hall–Kier alpha value is -1.77. The van der Waals surface area contributed by atoms with E-state index in [1.54, 1.807) is 12.1 Å². The van der Waals surface area contributed by atoms with Gasteiger partial charge in [-0.05, 0) is 37.8 Å². The van der Waals surface area contributed by atoms with Crippen LogP contribution in [-0.2, 0) is 9.47 Å². The average Bonchev–Trinajstić information content (AvgIpc) is 2.42. The first-order valence-corrected chi connectivity index (χ1v) is 6.32. The Morgan fingerprint density at radius 3 is 2.33 bits per heavy atom. The van der Waals surface area contributed by atoms with Gasteiger partial charge in [-0.1, -0.05) is 24.8 Å². The van der Waals surface area contributed by atoms with Crippen molar-refractivity contribution in [3.63, 3.8) is 0 Å². The van der Waals surface area contributed by atoms with Crippen LogP contribution >= 0.6 is 0 Å². The molecule has 1 aliphatic carbocycles. The van der Waals surface area contributed by atoms with E-state index in [4.69, 9.17) is 9.47 Å². The van der Waals surface area contributed by atoms with Crippen LogP contribution in [0.25, 0.3) is 0 Å². The van der Waals surface area contributed by atoms with Crippen molar-refractivity contribution < 1.29 is 14.3 Å². The standard InChI is InChI=1S/C15H18O3/c1-2-17-13-8-10-14(11-9-13)18-15(16)12-6-4-3-5-7-12/h2-7,13-14H,1,8-11H2. The lowest BCUT2D eigenvalue weighted by Gasteiger charge is -2.27. The monoisotopic (exact) mass is 246 g/mol. The molecule has 1 saturated carbocycles. The Balaban J connectivity index is 1.81. The Morgan fingerprint density at radius 2 is 1.72 bits per heavy atom. The number of hydrogen-bond donors (Lipinski definition) is 0. The predicted octanol–water partition coefficient (Wildman–Crippen LogP) is 3.31. The van der Waals surface area contributed by atoms with E-state index in [1.807, 2.05) is 18.2 Å². The highest BCUT2D eigenvalue weighted by Gasteiger charge is 2.24. The van der Waals surface area contributed by atoms with Gasteiger partial charge in [0.25, 0.3) is 0 Å². The summed E-state index contributed by atoms with van der Waals surface area (Å²) < 4.78 is 10.8. The van der Waals surface area contributed by atoms with Crippen LogP contribution in [0.3, 0.4) is 0 Å². The fourth-order valence-electron chi connectivity index (χ4n) is 2.22. The molecular weight excluding hydrogens is 228 g/mol. The molecule has 0 aliphatic heterocycles. The van der Waals surface area contributed by atoms with E-state index in [1.165, 1.54) is 6.26 Å². The van der Waals surface area contributed by atoms with Gasteiger partial charge in [0.15, 0.2) is 0 Å². The van der Waals surface area contributed by atoms with E-state index >= 15 is 0 Å². The summed E-state index contributed by atoms with van der Waals surface area (Å²) >= 11 is 0. The van der Waals surface area contributed by atoms with Crippen molar-refractivity contribution in [2.45, 2.75) is 37.9 Å². The molecule has 3 nitrogen and oxygen atoms in total. The van der Waals surface area contributed by atoms with Crippen LogP contribution in [0.2, 0.25) is 0 Å². The Kier molecular flexibility index (Phi) is 4.40. The second kappa shape index (κ2) is 6.24. The Morgan fingerprint density at radius 1 is 1.11 bits per heavy atom. The van der Waals surface area contributed by atoms with E-state index in [2.05, 4.69) is 6.58 Å². The van der Waals surface area contributed by atoms with E-state index in [9.17, 15) is 4.79 Å². The first-order valence-electron chi connectivity index (χ1n) is 6.32. The van der Waals surface area contributed by atoms with Crippen LogP contribution in [0.4, 0.5) is 0 Å². The zero-order valence-corrected chi connectivity index (χ0v) is 10.4. The summed E-state index contributed by atoms with van der Waals surface area (Å²) in [6, 6.07) is 9.11. The molecule has 0 amide bonds. The lowest BCUT2D eigenvalue weighted by Crippen LogP contribution is -2.27. The molecule has 2 rings (SSSR count). The van der Waals surface area contributed by atoms with Crippen molar-refractivity contribution >= 4 is 5.97 Å². The SMILES string of the molecule is C=COC1CCC(OC(=O)c2ccccc2)CC1. The molecule has 1 aliphatic rings. The largest absolute Gasteiger partial charge is 0.499 e. The smallest absolute Gasteiger partial charge is 0.338 e. The van der Waals surface area contributed by atoms with Gasteiger partial charge in [-0.15, -0.1) is 0 Å². The number of carbonyl (C=O) groups is 1. The number of esters is 1. The lowest BCUT2D eigenvalue weighted by atomic mass is 9.95. The minimum absolute atomic E-state index is 0.0161. The highest BCUT2D eigenvalue weighted by atomic mass is 16.5. The molecule has 0 saturated heterocycles. The minimum Gasteiger partial charge on any atom is -0.499 e. The number of ether oxygens (including phenoxy) is 2. The fourth-order valence-corrected chi connectivity index (χ4v) is 2.22. The topological polar surface area (TPSA) is 35.5 Å². The maximum absolute atomic E-state index is 11.9. The molecule has 0 N–H and O–H groups in total. The zero-order chi connectivity index (χ0) is 12.8. The van der Waals surface area contributed by atoms with Crippen molar-refractivity contribution in [2.75, 3.05) is 0 Å². The molecule has 0 bridgehead atoms. The Bertz CT molecular complexity index is 391.